The Morgan fingerprint density at radius 3 is 2.40 bits per heavy atom. The Morgan fingerprint density at radius 1 is 1.07 bits per heavy atom. The highest BCUT2D eigenvalue weighted by molar-refractivity contribution is 7.89. The first-order valence-electron chi connectivity index (χ1n) is 9.43. The summed E-state index contributed by atoms with van der Waals surface area (Å²) in [5, 5.41) is 10.1. The summed E-state index contributed by atoms with van der Waals surface area (Å²) in [7, 11) is -2.44. The van der Waals surface area contributed by atoms with Gasteiger partial charge in [-0.3, -0.25) is 4.79 Å². The number of ether oxygens (including phenoxy) is 2. The van der Waals surface area contributed by atoms with Gasteiger partial charge in [-0.05, 0) is 55.5 Å². The Morgan fingerprint density at radius 2 is 1.77 bits per heavy atom. The van der Waals surface area contributed by atoms with Crippen LogP contribution < -0.4 is 15.0 Å². The summed E-state index contributed by atoms with van der Waals surface area (Å²) in [6.45, 7) is 1.67. The lowest BCUT2D eigenvalue weighted by atomic mass is 10.1. The smallest absolute Gasteiger partial charge is 0.252 e. The third-order valence-corrected chi connectivity index (χ3v) is 6.46. The Labute approximate surface area is 174 Å². The molecule has 0 aliphatic carbocycles. The number of hydrogen-bond donors (Lipinski definition) is 2. The van der Waals surface area contributed by atoms with Crippen LogP contribution in [0.2, 0.25) is 0 Å². The molecule has 3 aromatic rings. The zero-order valence-corrected chi connectivity index (χ0v) is 17.6. The monoisotopic (exact) mass is 432 g/mol. The van der Waals surface area contributed by atoms with E-state index >= 15 is 0 Å². The molecule has 8 nitrogen and oxygen atoms in total. The first kappa shape index (κ1) is 21.8. The number of benzene rings is 2. The second-order valence-electron chi connectivity index (χ2n) is 6.54. The average molecular weight is 432 g/mol. The number of methoxy groups -OCH3 is 1. The van der Waals surface area contributed by atoms with E-state index in [1.807, 2.05) is 6.92 Å². The van der Waals surface area contributed by atoms with E-state index in [9.17, 15) is 18.3 Å². The van der Waals surface area contributed by atoms with Crippen LogP contribution in [0, 0.1) is 0 Å². The van der Waals surface area contributed by atoms with Crippen LogP contribution in [-0.2, 0) is 16.6 Å². The minimum Gasteiger partial charge on any atom is -0.497 e. The average Bonchev–Trinajstić information content (AvgIpc) is 2.74. The summed E-state index contributed by atoms with van der Waals surface area (Å²) in [5.74, 6) is 1.18. The lowest BCUT2D eigenvalue weighted by Crippen LogP contribution is -2.35. The molecule has 0 atom stereocenters. The third kappa shape index (κ3) is 4.64. The Hall–Kier alpha value is -2.88. The quantitative estimate of drug-likeness (QED) is 0.536. The van der Waals surface area contributed by atoms with Gasteiger partial charge in [0.2, 0.25) is 10.0 Å². The molecule has 2 N–H and O–H groups in total. The molecule has 3 rings (SSSR count). The van der Waals surface area contributed by atoms with Crippen molar-refractivity contribution in [3.8, 4) is 11.5 Å². The van der Waals surface area contributed by atoms with Crippen LogP contribution in [0.5, 0.6) is 11.5 Å². The van der Waals surface area contributed by atoms with Crippen molar-refractivity contribution in [1.82, 2.24) is 9.29 Å². The van der Waals surface area contributed by atoms with Gasteiger partial charge in [-0.2, -0.15) is 4.31 Å². The van der Waals surface area contributed by atoms with Gasteiger partial charge >= 0.3 is 0 Å². The highest BCUT2D eigenvalue weighted by atomic mass is 32.2. The molecule has 2 aromatic carbocycles. The number of aliphatic hydroxyl groups is 1. The molecule has 1 aromatic heterocycles. The van der Waals surface area contributed by atoms with Crippen LogP contribution in [0.1, 0.15) is 12.5 Å². The van der Waals surface area contributed by atoms with Crippen molar-refractivity contribution in [1.29, 1.82) is 0 Å². The number of aromatic amines is 1. The largest absolute Gasteiger partial charge is 0.497 e. The maximum atomic E-state index is 13.1. The second kappa shape index (κ2) is 9.29. The molecule has 9 heteroatoms. The van der Waals surface area contributed by atoms with E-state index in [-0.39, 0.29) is 35.7 Å². The van der Waals surface area contributed by atoms with Crippen molar-refractivity contribution in [3.05, 3.63) is 64.4 Å². The maximum absolute atomic E-state index is 13.1. The maximum Gasteiger partial charge on any atom is 0.252 e. The summed E-state index contributed by atoms with van der Waals surface area (Å²) in [6, 6.07) is 12.9. The fourth-order valence-electron chi connectivity index (χ4n) is 3.09. The van der Waals surface area contributed by atoms with E-state index in [0.29, 0.717) is 23.6 Å². The van der Waals surface area contributed by atoms with Gasteiger partial charge in [-0.1, -0.05) is 0 Å². The molecule has 0 fully saturated rings. The number of hydrogen-bond acceptors (Lipinski definition) is 6. The number of nitrogens with zero attached hydrogens (tertiary/aromatic N) is 1. The van der Waals surface area contributed by atoms with Gasteiger partial charge in [0.25, 0.3) is 5.56 Å². The summed E-state index contributed by atoms with van der Waals surface area (Å²) < 4.78 is 37.8. The van der Waals surface area contributed by atoms with Gasteiger partial charge < -0.3 is 19.6 Å². The minimum absolute atomic E-state index is 0.0487. The standard InChI is InChI=1S/C21H24N2O6S/c1-3-29-18-6-9-20-15(13-18)12-16(21(25)22-20)14-23(10-11-24)30(26,27)19-7-4-17(28-2)5-8-19/h4-9,12-13,24H,3,10-11,14H2,1-2H3,(H,22,25). The molecule has 0 saturated carbocycles. The molecule has 0 saturated heterocycles. The molecule has 0 aliphatic heterocycles. The second-order valence-corrected chi connectivity index (χ2v) is 8.48. The SMILES string of the molecule is CCOc1ccc2[nH]c(=O)c(CN(CCO)S(=O)(=O)c3ccc(OC)cc3)cc2c1. The van der Waals surface area contributed by atoms with E-state index in [2.05, 4.69) is 4.98 Å². The molecule has 0 spiro atoms. The van der Waals surface area contributed by atoms with Gasteiger partial charge in [0.1, 0.15) is 11.5 Å². The molecule has 0 radical (unpaired) electrons. The zero-order chi connectivity index (χ0) is 21.7. The van der Waals surface area contributed by atoms with Crippen molar-refractivity contribution >= 4 is 20.9 Å². The van der Waals surface area contributed by atoms with E-state index in [0.717, 1.165) is 9.69 Å². The summed E-state index contributed by atoms with van der Waals surface area (Å²) in [6.07, 6.45) is 0. The van der Waals surface area contributed by atoms with Gasteiger partial charge in [0.05, 0.1) is 25.2 Å². The number of fused-ring (bicyclic) bond motifs is 1. The summed E-state index contributed by atoms with van der Waals surface area (Å²) >= 11 is 0. The fourth-order valence-corrected chi connectivity index (χ4v) is 4.50. The summed E-state index contributed by atoms with van der Waals surface area (Å²) in [5.41, 5.74) is 0.500. The number of pyridine rings is 1. The molecule has 160 valence electrons. The molecular weight excluding hydrogens is 408 g/mol. The number of nitrogens with one attached hydrogen (secondary N) is 1. The molecule has 0 unspecified atom stereocenters. The van der Waals surface area contributed by atoms with Crippen LogP contribution in [0.25, 0.3) is 10.9 Å². The van der Waals surface area contributed by atoms with Crippen molar-refractivity contribution < 1.29 is 23.0 Å². The first-order chi connectivity index (χ1) is 14.4. The van der Waals surface area contributed by atoms with Gasteiger partial charge in [0.15, 0.2) is 0 Å². The van der Waals surface area contributed by atoms with Crippen molar-refractivity contribution in [2.75, 3.05) is 26.9 Å². The van der Waals surface area contributed by atoms with E-state index in [1.165, 1.54) is 19.2 Å². The molecule has 1 heterocycles. The van der Waals surface area contributed by atoms with Crippen LogP contribution >= 0.6 is 0 Å². The van der Waals surface area contributed by atoms with Crippen LogP contribution in [-0.4, -0.2) is 49.7 Å². The molecule has 0 amide bonds. The van der Waals surface area contributed by atoms with Crippen molar-refractivity contribution in [2.24, 2.45) is 0 Å². The predicted octanol–water partition coefficient (Wildman–Crippen LogP) is 2.12. The number of sulfonamides is 1. The normalized spacial score (nSPS) is 11.7. The number of aliphatic hydroxyl groups excluding tert-OH is 1. The minimum atomic E-state index is -3.93. The topological polar surface area (TPSA) is 109 Å². The fraction of sp³-hybridized carbons (Fsp3) is 0.286. The Kier molecular flexibility index (Phi) is 6.76. The lowest BCUT2D eigenvalue weighted by molar-refractivity contribution is 0.251. The zero-order valence-electron chi connectivity index (χ0n) is 16.8. The lowest BCUT2D eigenvalue weighted by Gasteiger charge is -2.21. The predicted molar refractivity (Wildman–Crippen MR) is 113 cm³/mol. The first-order valence-corrected chi connectivity index (χ1v) is 10.9. The van der Waals surface area contributed by atoms with Crippen LogP contribution in [0.3, 0.4) is 0 Å². The molecule has 30 heavy (non-hydrogen) atoms. The number of H-pyrrole nitrogens is 1. The Bertz CT molecular complexity index is 1170. The third-order valence-electron chi connectivity index (χ3n) is 4.60. The molecule has 0 aliphatic rings. The number of rotatable bonds is 9. The van der Waals surface area contributed by atoms with Gasteiger partial charge in [-0.15, -0.1) is 0 Å². The van der Waals surface area contributed by atoms with Gasteiger partial charge in [0, 0.05) is 29.6 Å². The Balaban J connectivity index is 1.97. The van der Waals surface area contributed by atoms with E-state index < -0.39 is 10.0 Å². The summed E-state index contributed by atoms with van der Waals surface area (Å²) in [4.78, 5) is 15.4. The van der Waals surface area contributed by atoms with Crippen molar-refractivity contribution in [2.45, 2.75) is 18.4 Å². The highest BCUT2D eigenvalue weighted by Gasteiger charge is 2.25. The molecular formula is C21H24N2O6S. The highest BCUT2D eigenvalue weighted by Crippen LogP contribution is 2.23. The van der Waals surface area contributed by atoms with Crippen LogP contribution in [0.15, 0.2) is 58.2 Å². The molecule has 0 bridgehead atoms. The van der Waals surface area contributed by atoms with Gasteiger partial charge in [-0.25, -0.2) is 8.42 Å². The van der Waals surface area contributed by atoms with E-state index in [1.54, 1.807) is 36.4 Å². The van der Waals surface area contributed by atoms with E-state index in [4.69, 9.17) is 9.47 Å². The van der Waals surface area contributed by atoms with Crippen LogP contribution in [0.4, 0.5) is 0 Å². The number of aromatic nitrogens is 1. The van der Waals surface area contributed by atoms with Crippen molar-refractivity contribution in [3.63, 3.8) is 0 Å².